The van der Waals surface area contributed by atoms with E-state index in [1.165, 1.54) is 0 Å². The molecule has 0 radical (unpaired) electrons. The summed E-state index contributed by atoms with van der Waals surface area (Å²) in [5, 5.41) is 7.76. The van der Waals surface area contributed by atoms with Crippen molar-refractivity contribution < 1.29 is 14.3 Å². The van der Waals surface area contributed by atoms with Crippen LogP contribution < -0.4 is 15.4 Å². The number of hydrogen-bond acceptors (Lipinski definition) is 4. The molecule has 2 amide bonds. The number of amides is 2. The van der Waals surface area contributed by atoms with E-state index in [2.05, 4.69) is 10.6 Å². The lowest BCUT2D eigenvalue weighted by molar-refractivity contribution is -0.120. The highest BCUT2D eigenvalue weighted by molar-refractivity contribution is 7.09. The Morgan fingerprint density at radius 1 is 1.00 bits per heavy atom. The molecule has 0 bridgehead atoms. The second-order valence-corrected chi connectivity index (χ2v) is 7.91. The molecule has 0 unspecified atom stereocenters. The van der Waals surface area contributed by atoms with Crippen LogP contribution in [-0.4, -0.2) is 17.9 Å². The Hall–Kier alpha value is -3.12. The molecule has 5 nitrogen and oxygen atoms in total. The first-order valence-corrected chi connectivity index (χ1v) is 10.3. The van der Waals surface area contributed by atoms with Crippen LogP contribution in [-0.2, 0) is 17.8 Å². The Morgan fingerprint density at radius 2 is 1.72 bits per heavy atom. The molecular formula is C23H24N2O3S. The zero-order valence-electron chi connectivity index (χ0n) is 16.5. The monoisotopic (exact) mass is 408 g/mol. The maximum Gasteiger partial charge on any atom is 0.255 e. The van der Waals surface area contributed by atoms with Gasteiger partial charge in [-0.15, -0.1) is 11.3 Å². The van der Waals surface area contributed by atoms with Crippen LogP contribution in [0.4, 0.5) is 5.69 Å². The third-order valence-corrected chi connectivity index (χ3v) is 4.98. The predicted octanol–water partition coefficient (Wildman–Crippen LogP) is 4.65. The predicted molar refractivity (Wildman–Crippen MR) is 116 cm³/mol. The summed E-state index contributed by atoms with van der Waals surface area (Å²) in [6.07, 6.45) is 0.391. The Bertz CT molecular complexity index is 933. The van der Waals surface area contributed by atoms with Crippen LogP contribution in [0.25, 0.3) is 0 Å². The molecule has 0 spiro atoms. The standard InChI is InChI=1S/C23H24N2O3S/c1-16(2)28-20-11-7-18(8-12-20)23(27)25-19-9-5-17(6-10-19)14-22(26)24-15-21-4-3-13-29-21/h3-13,16H,14-15H2,1-2H3,(H,24,26)(H,25,27). The first-order valence-electron chi connectivity index (χ1n) is 9.45. The van der Waals surface area contributed by atoms with E-state index in [9.17, 15) is 9.59 Å². The van der Waals surface area contributed by atoms with Gasteiger partial charge in [-0.1, -0.05) is 18.2 Å². The number of carbonyl (C=O) groups is 2. The van der Waals surface area contributed by atoms with Crippen molar-refractivity contribution in [1.82, 2.24) is 5.32 Å². The Balaban J connectivity index is 1.50. The van der Waals surface area contributed by atoms with E-state index in [1.807, 2.05) is 43.5 Å². The van der Waals surface area contributed by atoms with Gasteiger partial charge < -0.3 is 15.4 Å². The van der Waals surface area contributed by atoms with E-state index in [1.54, 1.807) is 47.7 Å². The van der Waals surface area contributed by atoms with Gasteiger partial charge in [-0.25, -0.2) is 0 Å². The van der Waals surface area contributed by atoms with E-state index in [-0.39, 0.29) is 17.9 Å². The third-order valence-electron chi connectivity index (χ3n) is 4.10. The molecule has 2 aromatic carbocycles. The molecule has 3 aromatic rings. The van der Waals surface area contributed by atoms with Crippen LogP contribution in [0.1, 0.15) is 34.6 Å². The van der Waals surface area contributed by atoms with Crippen LogP contribution >= 0.6 is 11.3 Å². The number of carbonyl (C=O) groups excluding carboxylic acids is 2. The minimum absolute atomic E-state index is 0.0288. The number of rotatable bonds is 8. The lowest BCUT2D eigenvalue weighted by Gasteiger charge is -2.10. The molecule has 0 atom stereocenters. The summed E-state index contributed by atoms with van der Waals surface area (Å²) in [6.45, 7) is 4.46. The van der Waals surface area contributed by atoms with Gasteiger partial charge in [0, 0.05) is 16.1 Å². The topological polar surface area (TPSA) is 67.4 Å². The molecule has 0 aliphatic rings. The lowest BCUT2D eigenvalue weighted by atomic mass is 10.1. The molecule has 0 fully saturated rings. The highest BCUT2D eigenvalue weighted by Gasteiger charge is 2.08. The van der Waals surface area contributed by atoms with Crippen molar-refractivity contribution in [2.24, 2.45) is 0 Å². The van der Waals surface area contributed by atoms with E-state index in [0.717, 1.165) is 16.2 Å². The molecule has 1 aromatic heterocycles. The second-order valence-electron chi connectivity index (χ2n) is 6.87. The normalized spacial score (nSPS) is 10.6. The summed E-state index contributed by atoms with van der Waals surface area (Å²) in [5.41, 5.74) is 2.13. The van der Waals surface area contributed by atoms with Crippen molar-refractivity contribution in [3.05, 3.63) is 82.0 Å². The molecule has 1 heterocycles. The van der Waals surface area contributed by atoms with Crippen molar-refractivity contribution in [3.63, 3.8) is 0 Å². The first-order chi connectivity index (χ1) is 14.0. The SMILES string of the molecule is CC(C)Oc1ccc(C(=O)Nc2ccc(CC(=O)NCc3cccs3)cc2)cc1. The molecule has 0 saturated carbocycles. The highest BCUT2D eigenvalue weighted by atomic mass is 32.1. The Labute approximate surface area is 174 Å². The fourth-order valence-electron chi connectivity index (χ4n) is 2.71. The van der Waals surface area contributed by atoms with Gasteiger partial charge in [0.05, 0.1) is 19.1 Å². The number of nitrogens with one attached hydrogen (secondary N) is 2. The molecule has 0 aliphatic carbocycles. The molecule has 150 valence electrons. The first kappa shape index (κ1) is 20.6. The largest absolute Gasteiger partial charge is 0.491 e. The maximum absolute atomic E-state index is 12.4. The van der Waals surface area contributed by atoms with Gasteiger partial charge in [0.15, 0.2) is 0 Å². The third kappa shape index (κ3) is 6.47. The number of anilines is 1. The average Bonchev–Trinajstić information content (AvgIpc) is 3.22. The molecule has 29 heavy (non-hydrogen) atoms. The van der Waals surface area contributed by atoms with Crippen molar-refractivity contribution in [2.75, 3.05) is 5.32 Å². The van der Waals surface area contributed by atoms with Crippen LogP contribution in [0, 0.1) is 0 Å². The van der Waals surface area contributed by atoms with Crippen LogP contribution in [0.5, 0.6) is 5.75 Å². The Kier molecular flexibility index (Phi) is 7.03. The fraction of sp³-hybridized carbons (Fsp3) is 0.217. The number of benzene rings is 2. The van der Waals surface area contributed by atoms with Gasteiger partial charge in [0.2, 0.25) is 5.91 Å². The maximum atomic E-state index is 12.4. The van der Waals surface area contributed by atoms with Gasteiger partial charge in [-0.3, -0.25) is 9.59 Å². The molecule has 6 heteroatoms. The van der Waals surface area contributed by atoms with E-state index < -0.39 is 0 Å². The molecule has 0 aliphatic heterocycles. The molecule has 3 rings (SSSR count). The highest BCUT2D eigenvalue weighted by Crippen LogP contribution is 2.16. The van der Waals surface area contributed by atoms with Crippen molar-refractivity contribution >= 4 is 28.8 Å². The zero-order valence-corrected chi connectivity index (χ0v) is 17.3. The molecular weight excluding hydrogens is 384 g/mol. The van der Waals surface area contributed by atoms with Crippen LogP contribution in [0.3, 0.4) is 0 Å². The smallest absolute Gasteiger partial charge is 0.255 e. The van der Waals surface area contributed by atoms with Gasteiger partial charge in [-0.2, -0.15) is 0 Å². The van der Waals surface area contributed by atoms with Gasteiger partial charge in [-0.05, 0) is 67.3 Å². The van der Waals surface area contributed by atoms with Gasteiger partial charge in [0.25, 0.3) is 5.91 Å². The van der Waals surface area contributed by atoms with Crippen LogP contribution in [0.2, 0.25) is 0 Å². The van der Waals surface area contributed by atoms with Crippen molar-refractivity contribution in [2.45, 2.75) is 32.9 Å². The van der Waals surface area contributed by atoms with E-state index >= 15 is 0 Å². The summed E-state index contributed by atoms with van der Waals surface area (Å²) >= 11 is 1.62. The van der Waals surface area contributed by atoms with Gasteiger partial charge in [0.1, 0.15) is 5.75 Å². The zero-order chi connectivity index (χ0) is 20.6. The van der Waals surface area contributed by atoms with Crippen LogP contribution in [0.15, 0.2) is 66.0 Å². The second kappa shape index (κ2) is 9.89. The fourth-order valence-corrected chi connectivity index (χ4v) is 3.36. The summed E-state index contributed by atoms with van der Waals surface area (Å²) in [4.78, 5) is 25.6. The quantitative estimate of drug-likeness (QED) is 0.570. The van der Waals surface area contributed by atoms with Crippen molar-refractivity contribution in [3.8, 4) is 5.75 Å². The summed E-state index contributed by atoms with van der Waals surface area (Å²) in [5.74, 6) is 0.514. The van der Waals surface area contributed by atoms with E-state index in [4.69, 9.17) is 4.74 Å². The minimum Gasteiger partial charge on any atom is -0.491 e. The van der Waals surface area contributed by atoms with Crippen molar-refractivity contribution in [1.29, 1.82) is 0 Å². The number of ether oxygens (including phenoxy) is 1. The summed E-state index contributed by atoms with van der Waals surface area (Å²) < 4.78 is 5.59. The Morgan fingerprint density at radius 3 is 2.34 bits per heavy atom. The molecule has 2 N–H and O–H groups in total. The summed E-state index contributed by atoms with van der Waals surface area (Å²) in [6, 6.07) is 18.3. The number of thiophene rings is 1. The lowest BCUT2D eigenvalue weighted by Crippen LogP contribution is -2.24. The minimum atomic E-state index is -0.192. The molecule has 0 saturated heterocycles. The average molecular weight is 409 g/mol. The van der Waals surface area contributed by atoms with Gasteiger partial charge >= 0.3 is 0 Å². The number of hydrogen-bond donors (Lipinski definition) is 2. The summed E-state index contributed by atoms with van der Waals surface area (Å²) in [7, 11) is 0. The van der Waals surface area contributed by atoms with E-state index in [0.29, 0.717) is 24.2 Å².